The van der Waals surface area contributed by atoms with Gasteiger partial charge in [0.1, 0.15) is 10.6 Å². The quantitative estimate of drug-likeness (QED) is 0.761. The molecule has 0 unspecified atom stereocenters. The lowest BCUT2D eigenvalue weighted by Gasteiger charge is -2.31. The molecule has 1 N–H and O–H groups in total. The third kappa shape index (κ3) is 2.60. The second-order valence-corrected chi connectivity index (χ2v) is 8.18. The summed E-state index contributed by atoms with van der Waals surface area (Å²) in [7, 11) is 2.27. The second-order valence-electron chi connectivity index (χ2n) is 7.09. The maximum atomic E-state index is 5.04. The zero-order valence-corrected chi connectivity index (χ0v) is 15.3. The Kier molecular flexibility index (Phi) is 3.68. The first-order chi connectivity index (χ1) is 12.3. The van der Waals surface area contributed by atoms with Crippen LogP contribution in [0, 0.1) is 0 Å². The first-order valence-corrected chi connectivity index (χ1v) is 9.90. The van der Waals surface area contributed by atoms with Crippen molar-refractivity contribution in [3.63, 3.8) is 0 Å². The van der Waals surface area contributed by atoms with Crippen LogP contribution in [0.3, 0.4) is 0 Å². The van der Waals surface area contributed by atoms with E-state index in [1.165, 1.54) is 48.2 Å². The predicted molar refractivity (Wildman–Crippen MR) is 102 cm³/mol. The molecule has 1 aliphatic carbocycles. The van der Waals surface area contributed by atoms with Gasteiger partial charge in [-0.25, -0.2) is 9.97 Å². The van der Waals surface area contributed by atoms with Gasteiger partial charge in [0, 0.05) is 22.8 Å². The molecular formula is C19H22N5S+. The minimum Gasteiger partial charge on any atom is -0.345 e. The molecule has 1 fully saturated rings. The van der Waals surface area contributed by atoms with Crippen molar-refractivity contribution in [2.24, 2.45) is 0 Å². The van der Waals surface area contributed by atoms with Crippen molar-refractivity contribution in [1.82, 2.24) is 15.0 Å². The first kappa shape index (κ1) is 15.2. The summed E-state index contributed by atoms with van der Waals surface area (Å²) in [6.07, 6.45) is 7.31. The Morgan fingerprint density at radius 3 is 2.84 bits per heavy atom. The normalized spacial score (nSPS) is 18.0. The van der Waals surface area contributed by atoms with E-state index in [0.717, 1.165) is 35.1 Å². The number of rotatable bonds is 2. The van der Waals surface area contributed by atoms with E-state index in [0.29, 0.717) is 0 Å². The summed E-state index contributed by atoms with van der Waals surface area (Å²) in [5.41, 5.74) is 2.51. The Balaban J connectivity index is 1.69. The molecule has 1 aliphatic heterocycles. The molecule has 3 aromatic heterocycles. The molecule has 0 bridgehead atoms. The van der Waals surface area contributed by atoms with Gasteiger partial charge >= 0.3 is 0 Å². The van der Waals surface area contributed by atoms with Crippen LogP contribution in [-0.2, 0) is 12.8 Å². The number of hydrogen-bond acceptors (Lipinski definition) is 5. The second kappa shape index (κ2) is 6.04. The predicted octanol–water partition coefficient (Wildman–Crippen LogP) is 1.58. The molecule has 128 valence electrons. The van der Waals surface area contributed by atoms with Gasteiger partial charge < -0.3 is 9.80 Å². The number of fused-ring (bicyclic) bond motifs is 3. The average molecular weight is 352 g/mol. The zero-order valence-electron chi connectivity index (χ0n) is 14.5. The summed E-state index contributed by atoms with van der Waals surface area (Å²) in [6, 6.07) is 4.00. The molecule has 25 heavy (non-hydrogen) atoms. The molecule has 0 saturated carbocycles. The number of hydrogen-bond donors (Lipinski definition) is 1. The molecule has 2 aliphatic rings. The minimum absolute atomic E-state index is 0.807. The fourth-order valence-electron chi connectivity index (χ4n) is 3.93. The van der Waals surface area contributed by atoms with Crippen molar-refractivity contribution < 1.29 is 4.90 Å². The Morgan fingerprint density at radius 2 is 2.04 bits per heavy atom. The van der Waals surface area contributed by atoms with Gasteiger partial charge in [0.25, 0.3) is 0 Å². The van der Waals surface area contributed by atoms with E-state index < -0.39 is 0 Å². The van der Waals surface area contributed by atoms with Crippen molar-refractivity contribution in [3.8, 4) is 11.4 Å². The van der Waals surface area contributed by atoms with Crippen LogP contribution in [0.25, 0.3) is 21.6 Å². The lowest BCUT2D eigenvalue weighted by Crippen LogP contribution is -3.12. The number of thiophene rings is 1. The topological polar surface area (TPSA) is 46.4 Å². The third-order valence-electron chi connectivity index (χ3n) is 5.38. The highest BCUT2D eigenvalue weighted by atomic mass is 32.1. The lowest BCUT2D eigenvalue weighted by atomic mass is 10.1. The van der Waals surface area contributed by atoms with Gasteiger partial charge in [-0.1, -0.05) is 0 Å². The molecule has 5 rings (SSSR count). The number of aromatic nitrogens is 3. The van der Waals surface area contributed by atoms with E-state index in [9.17, 15) is 0 Å². The minimum atomic E-state index is 0.807. The van der Waals surface area contributed by atoms with Crippen molar-refractivity contribution in [2.75, 3.05) is 38.1 Å². The van der Waals surface area contributed by atoms with Crippen molar-refractivity contribution in [3.05, 3.63) is 35.0 Å². The number of anilines is 1. The zero-order chi connectivity index (χ0) is 16.8. The molecule has 0 spiro atoms. The largest absolute Gasteiger partial charge is 0.345 e. The number of piperazine rings is 1. The van der Waals surface area contributed by atoms with Crippen molar-refractivity contribution in [1.29, 1.82) is 0 Å². The van der Waals surface area contributed by atoms with Crippen LogP contribution in [0.2, 0.25) is 0 Å². The van der Waals surface area contributed by atoms with Crippen LogP contribution in [0.1, 0.15) is 16.9 Å². The van der Waals surface area contributed by atoms with E-state index in [1.54, 1.807) is 11.1 Å². The SMILES string of the molecule is C[NH+]1CCN(c2nc(-c3cccnc3)nc3sc4c(c23)CCC4)CC1. The summed E-state index contributed by atoms with van der Waals surface area (Å²) in [4.78, 5) is 21.0. The maximum Gasteiger partial charge on any atom is 0.164 e. The highest BCUT2D eigenvalue weighted by molar-refractivity contribution is 7.19. The first-order valence-electron chi connectivity index (χ1n) is 9.08. The van der Waals surface area contributed by atoms with Gasteiger partial charge in [-0.15, -0.1) is 11.3 Å². The summed E-state index contributed by atoms with van der Waals surface area (Å²) in [6.45, 7) is 4.46. The third-order valence-corrected chi connectivity index (χ3v) is 6.57. The Labute approximate surface area is 151 Å². The summed E-state index contributed by atoms with van der Waals surface area (Å²) in [5, 5.41) is 1.32. The maximum absolute atomic E-state index is 5.04. The number of quaternary nitrogens is 1. The highest BCUT2D eigenvalue weighted by Crippen LogP contribution is 2.41. The molecule has 0 radical (unpaired) electrons. The number of nitrogens with one attached hydrogen (secondary N) is 1. The van der Waals surface area contributed by atoms with Gasteiger partial charge in [0.05, 0.1) is 38.6 Å². The number of aryl methyl sites for hydroxylation is 2. The van der Waals surface area contributed by atoms with Gasteiger partial charge in [-0.05, 0) is 37.0 Å². The van der Waals surface area contributed by atoms with E-state index >= 15 is 0 Å². The molecule has 5 nitrogen and oxygen atoms in total. The van der Waals surface area contributed by atoms with Crippen LogP contribution in [0.15, 0.2) is 24.5 Å². The Morgan fingerprint density at radius 1 is 1.16 bits per heavy atom. The number of nitrogens with zero attached hydrogens (tertiary/aromatic N) is 4. The van der Waals surface area contributed by atoms with E-state index in [1.807, 2.05) is 29.7 Å². The number of likely N-dealkylation sites (N-methyl/N-ethyl adjacent to an activating group) is 1. The Hall–Kier alpha value is -2.05. The fourth-order valence-corrected chi connectivity index (χ4v) is 5.19. The molecule has 1 saturated heterocycles. The van der Waals surface area contributed by atoms with E-state index in [2.05, 4.69) is 16.9 Å². The monoisotopic (exact) mass is 352 g/mol. The lowest BCUT2D eigenvalue weighted by molar-refractivity contribution is -0.880. The van der Waals surface area contributed by atoms with Crippen LogP contribution in [0.4, 0.5) is 5.82 Å². The van der Waals surface area contributed by atoms with Crippen LogP contribution >= 0.6 is 11.3 Å². The van der Waals surface area contributed by atoms with Gasteiger partial charge in [-0.2, -0.15) is 0 Å². The van der Waals surface area contributed by atoms with Crippen LogP contribution in [0.5, 0.6) is 0 Å². The van der Waals surface area contributed by atoms with E-state index in [4.69, 9.17) is 9.97 Å². The standard InChI is InChI=1S/C19H21N5S/c1-23-8-10-24(11-9-23)18-16-14-5-2-6-15(14)25-19(16)22-17(21-18)13-4-3-7-20-12-13/h3-4,7,12H,2,5-6,8-11H2,1H3/p+1. The van der Waals surface area contributed by atoms with Crippen LogP contribution < -0.4 is 9.80 Å². The van der Waals surface area contributed by atoms with Crippen molar-refractivity contribution in [2.45, 2.75) is 19.3 Å². The van der Waals surface area contributed by atoms with Gasteiger partial charge in [-0.3, -0.25) is 4.98 Å². The average Bonchev–Trinajstić information content (AvgIpc) is 3.23. The summed E-state index contributed by atoms with van der Waals surface area (Å²) >= 11 is 1.87. The summed E-state index contributed by atoms with van der Waals surface area (Å²) in [5.74, 6) is 1.96. The molecular weight excluding hydrogens is 330 g/mol. The molecule has 0 aromatic carbocycles. The molecule has 6 heteroatoms. The summed E-state index contributed by atoms with van der Waals surface area (Å²) < 4.78 is 0. The van der Waals surface area contributed by atoms with Gasteiger partial charge in [0.2, 0.25) is 0 Å². The van der Waals surface area contributed by atoms with Crippen LogP contribution in [-0.4, -0.2) is 48.2 Å². The highest BCUT2D eigenvalue weighted by Gasteiger charge is 2.27. The molecule has 3 aromatic rings. The fraction of sp³-hybridized carbons (Fsp3) is 0.421. The van der Waals surface area contributed by atoms with Gasteiger partial charge in [0.15, 0.2) is 5.82 Å². The Bertz CT molecular complexity index is 912. The van der Waals surface area contributed by atoms with E-state index in [-0.39, 0.29) is 0 Å². The molecule has 4 heterocycles. The smallest absolute Gasteiger partial charge is 0.164 e. The molecule has 0 amide bonds. The van der Waals surface area contributed by atoms with Crippen molar-refractivity contribution >= 4 is 27.4 Å². The number of pyridine rings is 1. The molecule has 0 atom stereocenters.